The number of anilines is 2. The number of aromatic nitrogens is 1. The van der Waals surface area contributed by atoms with Gasteiger partial charge in [0.05, 0.1) is 19.0 Å². The Balaban J connectivity index is 1.86. The van der Waals surface area contributed by atoms with Crippen LogP contribution in [0.15, 0.2) is 42.6 Å². The first-order valence-electron chi connectivity index (χ1n) is 7.88. The predicted molar refractivity (Wildman–Crippen MR) is 96.0 cm³/mol. The average Bonchev–Trinajstić information content (AvgIpc) is 2.59. The van der Waals surface area contributed by atoms with E-state index in [2.05, 4.69) is 20.5 Å². The van der Waals surface area contributed by atoms with Crippen molar-refractivity contribution in [2.24, 2.45) is 0 Å². The Morgan fingerprint density at radius 3 is 2.42 bits per heavy atom. The van der Waals surface area contributed by atoms with Crippen LogP contribution in [-0.4, -0.2) is 50.1 Å². The second-order valence-electron chi connectivity index (χ2n) is 5.70. The van der Waals surface area contributed by atoms with Crippen molar-refractivity contribution in [2.45, 2.75) is 6.42 Å². The van der Waals surface area contributed by atoms with Gasteiger partial charge in [-0.2, -0.15) is 0 Å². The van der Waals surface area contributed by atoms with Crippen LogP contribution < -0.4 is 15.4 Å². The molecule has 0 aliphatic carbocycles. The van der Waals surface area contributed by atoms with Crippen LogP contribution in [0.1, 0.15) is 16.9 Å². The molecular formula is C18H24N4O2. The van der Waals surface area contributed by atoms with Crippen molar-refractivity contribution in [3.63, 3.8) is 0 Å². The molecule has 6 heteroatoms. The van der Waals surface area contributed by atoms with Crippen LogP contribution in [-0.2, 0) is 0 Å². The molecule has 0 radical (unpaired) electrons. The third-order valence-corrected chi connectivity index (χ3v) is 3.44. The van der Waals surface area contributed by atoms with Gasteiger partial charge in [-0.3, -0.25) is 4.79 Å². The van der Waals surface area contributed by atoms with E-state index >= 15 is 0 Å². The number of hydrogen-bond acceptors (Lipinski definition) is 5. The maximum absolute atomic E-state index is 12.0. The van der Waals surface area contributed by atoms with Crippen molar-refractivity contribution in [3.8, 4) is 5.75 Å². The summed E-state index contributed by atoms with van der Waals surface area (Å²) in [6.45, 7) is 1.59. The Bertz CT molecular complexity index is 639. The first-order chi connectivity index (χ1) is 11.6. The largest absolute Gasteiger partial charge is 0.497 e. The summed E-state index contributed by atoms with van der Waals surface area (Å²) in [4.78, 5) is 18.3. The van der Waals surface area contributed by atoms with Gasteiger partial charge in [-0.15, -0.1) is 0 Å². The van der Waals surface area contributed by atoms with E-state index in [-0.39, 0.29) is 5.91 Å². The number of benzene rings is 1. The summed E-state index contributed by atoms with van der Waals surface area (Å²) in [5.74, 6) is 0.657. The maximum atomic E-state index is 12.0. The van der Waals surface area contributed by atoms with Gasteiger partial charge in [-0.25, -0.2) is 4.98 Å². The Morgan fingerprint density at radius 2 is 1.83 bits per heavy atom. The molecule has 0 atom stereocenters. The van der Waals surface area contributed by atoms with E-state index in [0.717, 1.165) is 30.1 Å². The molecule has 6 nitrogen and oxygen atoms in total. The number of pyridine rings is 1. The SMILES string of the molecule is COc1ccc(Nc2ccc(C(=O)NCCCN(C)C)nc2)cc1. The van der Waals surface area contributed by atoms with Gasteiger partial charge in [0.15, 0.2) is 0 Å². The van der Waals surface area contributed by atoms with Crippen molar-refractivity contribution in [2.75, 3.05) is 39.6 Å². The minimum Gasteiger partial charge on any atom is -0.497 e. The normalized spacial score (nSPS) is 10.5. The summed E-state index contributed by atoms with van der Waals surface area (Å²) in [6, 6.07) is 11.2. The number of rotatable bonds is 8. The number of nitrogens with zero attached hydrogens (tertiary/aromatic N) is 2. The highest BCUT2D eigenvalue weighted by molar-refractivity contribution is 5.92. The van der Waals surface area contributed by atoms with Gasteiger partial charge >= 0.3 is 0 Å². The third kappa shape index (κ3) is 5.55. The summed E-state index contributed by atoms with van der Waals surface area (Å²) in [6.07, 6.45) is 2.56. The molecule has 2 aromatic rings. The van der Waals surface area contributed by atoms with Gasteiger partial charge in [0, 0.05) is 12.2 Å². The van der Waals surface area contributed by atoms with E-state index < -0.39 is 0 Å². The Labute approximate surface area is 142 Å². The standard InChI is InChI=1S/C18H24N4O2/c1-22(2)12-4-11-19-18(23)17-10-7-15(13-20-17)21-14-5-8-16(24-3)9-6-14/h5-10,13,21H,4,11-12H2,1-3H3,(H,19,23). The first-order valence-corrected chi connectivity index (χ1v) is 7.88. The summed E-state index contributed by atoms with van der Waals surface area (Å²) in [7, 11) is 5.66. The molecule has 0 saturated carbocycles. The second-order valence-corrected chi connectivity index (χ2v) is 5.70. The summed E-state index contributed by atoms with van der Waals surface area (Å²) < 4.78 is 5.13. The van der Waals surface area contributed by atoms with E-state index in [1.807, 2.05) is 44.4 Å². The van der Waals surface area contributed by atoms with Crippen molar-refractivity contribution in [1.82, 2.24) is 15.2 Å². The van der Waals surface area contributed by atoms with Crippen LogP contribution in [0.2, 0.25) is 0 Å². The highest BCUT2D eigenvalue weighted by atomic mass is 16.5. The molecular weight excluding hydrogens is 304 g/mol. The first kappa shape index (κ1) is 17.7. The third-order valence-electron chi connectivity index (χ3n) is 3.44. The monoisotopic (exact) mass is 328 g/mol. The highest BCUT2D eigenvalue weighted by Gasteiger charge is 2.06. The molecule has 0 bridgehead atoms. The molecule has 0 unspecified atom stereocenters. The van der Waals surface area contributed by atoms with Crippen LogP contribution in [0.3, 0.4) is 0 Å². The van der Waals surface area contributed by atoms with Crippen molar-refractivity contribution in [1.29, 1.82) is 0 Å². The molecule has 1 amide bonds. The number of hydrogen-bond donors (Lipinski definition) is 2. The lowest BCUT2D eigenvalue weighted by atomic mass is 10.2. The van der Waals surface area contributed by atoms with Gasteiger partial charge < -0.3 is 20.3 Å². The molecule has 0 spiro atoms. The fourth-order valence-electron chi connectivity index (χ4n) is 2.13. The van der Waals surface area contributed by atoms with E-state index in [0.29, 0.717) is 12.2 Å². The van der Waals surface area contributed by atoms with Crippen molar-refractivity contribution < 1.29 is 9.53 Å². The minimum absolute atomic E-state index is 0.148. The average molecular weight is 328 g/mol. The smallest absolute Gasteiger partial charge is 0.269 e. The molecule has 2 N–H and O–H groups in total. The zero-order valence-electron chi connectivity index (χ0n) is 14.4. The molecule has 1 heterocycles. The Hall–Kier alpha value is -2.60. The van der Waals surface area contributed by atoms with E-state index in [1.54, 1.807) is 19.4 Å². The van der Waals surface area contributed by atoms with E-state index in [4.69, 9.17) is 4.74 Å². The van der Waals surface area contributed by atoms with Gasteiger partial charge in [-0.05, 0) is 63.5 Å². The lowest BCUT2D eigenvalue weighted by Crippen LogP contribution is -2.27. The highest BCUT2D eigenvalue weighted by Crippen LogP contribution is 2.19. The van der Waals surface area contributed by atoms with Gasteiger partial charge in [0.1, 0.15) is 11.4 Å². The summed E-state index contributed by atoms with van der Waals surface area (Å²) >= 11 is 0. The molecule has 0 saturated heterocycles. The van der Waals surface area contributed by atoms with Gasteiger partial charge in [-0.1, -0.05) is 0 Å². The van der Waals surface area contributed by atoms with Crippen LogP contribution in [0.5, 0.6) is 5.75 Å². The fraction of sp³-hybridized carbons (Fsp3) is 0.333. The van der Waals surface area contributed by atoms with E-state index in [1.165, 1.54) is 0 Å². The number of carbonyl (C=O) groups excluding carboxylic acids is 1. The lowest BCUT2D eigenvalue weighted by molar-refractivity contribution is 0.0947. The second kappa shape index (κ2) is 8.88. The van der Waals surface area contributed by atoms with Crippen LogP contribution >= 0.6 is 0 Å². The topological polar surface area (TPSA) is 66.5 Å². The summed E-state index contributed by atoms with van der Waals surface area (Å²) in [5.41, 5.74) is 2.17. The summed E-state index contributed by atoms with van der Waals surface area (Å²) in [5, 5.41) is 6.10. The number of carbonyl (C=O) groups is 1. The molecule has 1 aromatic carbocycles. The number of nitrogens with one attached hydrogen (secondary N) is 2. The fourth-order valence-corrected chi connectivity index (χ4v) is 2.13. The zero-order valence-corrected chi connectivity index (χ0v) is 14.4. The number of amides is 1. The van der Waals surface area contributed by atoms with Gasteiger partial charge in [0.2, 0.25) is 0 Å². The number of ether oxygens (including phenoxy) is 1. The van der Waals surface area contributed by atoms with Crippen molar-refractivity contribution in [3.05, 3.63) is 48.3 Å². The molecule has 2 rings (SSSR count). The lowest BCUT2D eigenvalue weighted by Gasteiger charge is -2.10. The van der Waals surface area contributed by atoms with Gasteiger partial charge in [0.25, 0.3) is 5.91 Å². The predicted octanol–water partition coefficient (Wildman–Crippen LogP) is 2.52. The molecule has 0 aliphatic heterocycles. The Morgan fingerprint density at radius 1 is 1.12 bits per heavy atom. The molecule has 24 heavy (non-hydrogen) atoms. The van der Waals surface area contributed by atoms with Crippen LogP contribution in [0.4, 0.5) is 11.4 Å². The zero-order chi connectivity index (χ0) is 17.4. The molecule has 1 aromatic heterocycles. The minimum atomic E-state index is -0.148. The number of methoxy groups -OCH3 is 1. The van der Waals surface area contributed by atoms with Crippen molar-refractivity contribution >= 4 is 17.3 Å². The molecule has 0 fully saturated rings. The maximum Gasteiger partial charge on any atom is 0.269 e. The van der Waals surface area contributed by atoms with Crippen LogP contribution in [0, 0.1) is 0 Å². The quantitative estimate of drug-likeness (QED) is 0.729. The van der Waals surface area contributed by atoms with Crippen LogP contribution in [0.25, 0.3) is 0 Å². The Kier molecular flexibility index (Phi) is 6.57. The molecule has 128 valence electrons. The van der Waals surface area contributed by atoms with E-state index in [9.17, 15) is 4.79 Å². The molecule has 0 aliphatic rings.